The molecule has 1 fully saturated rings. The molecule has 2 N–H and O–H groups in total. The van der Waals surface area contributed by atoms with Crippen LogP contribution in [0.1, 0.15) is 12.8 Å². The maximum absolute atomic E-state index is 13.3. The molecule has 0 bridgehead atoms. The molecular weight excluding hydrogens is 195 g/mol. The average molecular weight is 210 g/mol. The quantitative estimate of drug-likeness (QED) is 0.776. The molecule has 0 atom stereocenters. The Morgan fingerprint density at radius 2 is 2.13 bits per heavy atom. The van der Waals surface area contributed by atoms with Crippen molar-refractivity contribution < 1.29 is 9.13 Å². The van der Waals surface area contributed by atoms with Gasteiger partial charge in [0.05, 0.1) is 18.5 Å². The van der Waals surface area contributed by atoms with Gasteiger partial charge in [-0.25, -0.2) is 4.39 Å². The van der Waals surface area contributed by atoms with Crippen LogP contribution in [0, 0.1) is 5.82 Å². The minimum Gasteiger partial charge on any atom is -0.494 e. The molecule has 0 unspecified atom stereocenters. The fraction of sp³-hybridized carbons (Fsp3) is 0.455. The van der Waals surface area contributed by atoms with Crippen LogP contribution < -0.4 is 15.4 Å². The van der Waals surface area contributed by atoms with Gasteiger partial charge in [-0.3, -0.25) is 0 Å². The van der Waals surface area contributed by atoms with Crippen molar-refractivity contribution in [1.82, 2.24) is 0 Å². The molecule has 4 heteroatoms. The van der Waals surface area contributed by atoms with E-state index in [4.69, 9.17) is 10.5 Å². The van der Waals surface area contributed by atoms with Gasteiger partial charge in [0.15, 0.2) is 11.6 Å². The summed E-state index contributed by atoms with van der Waals surface area (Å²) in [5, 5.41) is 0. The van der Waals surface area contributed by atoms with Crippen molar-refractivity contribution in [1.29, 1.82) is 0 Å². The Balaban J connectivity index is 2.36. The number of hydrogen-bond acceptors (Lipinski definition) is 3. The van der Waals surface area contributed by atoms with E-state index in [1.54, 1.807) is 6.07 Å². The van der Waals surface area contributed by atoms with Gasteiger partial charge in [0.1, 0.15) is 0 Å². The molecule has 1 saturated carbocycles. The second kappa shape index (κ2) is 3.61. The van der Waals surface area contributed by atoms with Gasteiger partial charge < -0.3 is 15.4 Å². The van der Waals surface area contributed by atoms with Gasteiger partial charge in [-0.15, -0.1) is 0 Å². The number of ether oxygens (including phenoxy) is 1. The van der Waals surface area contributed by atoms with E-state index in [9.17, 15) is 4.39 Å². The third-order valence-electron chi connectivity index (χ3n) is 2.78. The summed E-state index contributed by atoms with van der Waals surface area (Å²) < 4.78 is 18.2. The molecule has 15 heavy (non-hydrogen) atoms. The van der Waals surface area contributed by atoms with E-state index >= 15 is 0 Å². The van der Waals surface area contributed by atoms with Gasteiger partial charge in [-0.05, 0) is 12.8 Å². The van der Waals surface area contributed by atoms with Crippen LogP contribution in [-0.2, 0) is 0 Å². The minimum absolute atomic E-state index is 0.242. The van der Waals surface area contributed by atoms with E-state index in [1.807, 2.05) is 7.05 Å². The highest BCUT2D eigenvalue weighted by molar-refractivity contribution is 5.70. The topological polar surface area (TPSA) is 38.5 Å². The standard InChI is InChI=1S/C11H15FN2O/c1-14(7-3-4-7)10-6-11(15-2)8(12)5-9(10)13/h5-7H,3-4,13H2,1-2H3. The summed E-state index contributed by atoms with van der Waals surface area (Å²) in [7, 11) is 3.43. The van der Waals surface area contributed by atoms with E-state index in [1.165, 1.54) is 26.0 Å². The molecule has 0 aromatic heterocycles. The molecule has 2 rings (SSSR count). The fourth-order valence-corrected chi connectivity index (χ4v) is 1.68. The smallest absolute Gasteiger partial charge is 0.167 e. The number of halogens is 1. The van der Waals surface area contributed by atoms with Crippen molar-refractivity contribution in [2.24, 2.45) is 0 Å². The molecule has 0 amide bonds. The van der Waals surface area contributed by atoms with E-state index in [2.05, 4.69) is 4.90 Å². The molecule has 1 aromatic carbocycles. The first-order chi connectivity index (χ1) is 7.13. The third-order valence-corrected chi connectivity index (χ3v) is 2.78. The molecule has 1 aliphatic rings. The van der Waals surface area contributed by atoms with Crippen LogP contribution in [0.5, 0.6) is 5.75 Å². The molecule has 1 aliphatic carbocycles. The van der Waals surface area contributed by atoms with E-state index in [0.29, 0.717) is 11.7 Å². The normalized spacial score (nSPS) is 15.1. The first-order valence-electron chi connectivity index (χ1n) is 4.99. The van der Waals surface area contributed by atoms with Gasteiger partial charge >= 0.3 is 0 Å². The first kappa shape index (κ1) is 10.1. The number of nitrogen functional groups attached to an aromatic ring is 1. The number of anilines is 2. The summed E-state index contributed by atoms with van der Waals surface area (Å²) in [6.07, 6.45) is 2.35. The molecule has 0 radical (unpaired) electrons. The minimum atomic E-state index is -0.414. The van der Waals surface area contributed by atoms with Crippen molar-refractivity contribution in [3.8, 4) is 5.75 Å². The fourth-order valence-electron chi connectivity index (χ4n) is 1.68. The summed E-state index contributed by atoms with van der Waals surface area (Å²) in [5.41, 5.74) is 7.08. The molecular formula is C11H15FN2O. The largest absolute Gasteiger partial charge is 0.494 e. The Bertz CT molecular complexity index is 377. The lowest BCUT2D eigenvalue weighted by atomic mass is 10.2. The molecule has 0 saturated heterocycles. The third kappa shape index (κ3) is 1.84. The van der Waals surface area contributed by atoms with Crippen molar-refractivity contribution >= 4 is 11.4 Å². The van der Waals surface area contributed by atoms with Crippen molar-refractivity contribution in [2.45, 2.75) is 18.9 Å². The predicted molar refractivity (Wildman–Crippen MR) is 58.8 cm³/mol. The van der Waals surface area contributed by atoms with Crippen LogP contribution >= 0.6 is 0 Å². The van der Waals surface area contributed by atoms with Crippen LogP contribution in [0.3, 0.4) is 0 Å². The number of rotatable bonds is 3. The van der Waals surface area contributed by atoms with Gasteiger partial charge in [0.2, 0.25) is 0 Å². The highest BCUT2D eigenvalue weighted by Crippen LogP contribution is 2.36. The van der Waals surface area contributed by atoms with Crippen LogP contribution in [0.4, 0.5) is 15.8 Å². The maximum Gasteiger partial charge on any atom is 0.167 e. The lowest BCUT2D eigenvalue weighted by molar-refractivity contribution is 0.387. The van der Waals surface area contributed by atoms with Crippen LogP contribution in [0.25, 0.3) is 0 Å². The molecule has 0 aliphatic heterocycles. The van der Waals surface area contributed by atoms with Gasteiger partial charge in [0, 0.05) is 25.2 Å². The van der Waals surface area contributed by atoms with Crippen molar-refractivity contribution in [3.05, 3.63) is 17.9 Å². The zero-order valence-corrected chi connectivity index (χ0v) is 8.96. The van der Waals surface area contributed by atoms with E-state index < -0.39 is 5.82 Å². The lowest BCUT2D eigenvalue weighted by Gasteiger charge is -2.21. The summed E-state index contributed by atoms with van der Waals surface area (Å²) in [4.78, 5) is 2.08. The zero-order chi connectivity index (χ0) is 11.0. The Hall–Kier alpha value is -1.45. The second-order valence-electron chi connectivity index (χ2n) is 3.89. The van der Waals surface area contributed by atoms with Crippen LogP contribution in [-0.4, -0.2) is 20.2 Å². The summed E-state index contributed by atoms with van der Waals surface area (Å²) >= 11 is 0. The Kier molecular flexibility index (Phi) is 2.42. The first-order valence-corrected chi connectivity index (χ1v) is 4.99. The lowest BCUT2D eigenvalue weighted by Crippen LogP contribution is -2.20. The summed E-state index contributed by atoms with van der Waals surface area (Å²) in [6.45, 7) is 0. The van der Waals surface area contributed by atoms with Gasteiger partial charge in [-0.1, -0.05) is 0 Å². The number of nitrogens with zero attached hydrogens (tertiary/aromatic N) is 1. The second-order valence-corrected chi connectivity index (χ2v) is 3.89. The van der Waals surface area contributed by atoms with Crippen molar-refractivity contribution in [3.63, 3.8) is 0 Å². The van der Waals surface area contributed by atoms with Crippen LogP contribution in [0.15, 0.2) is 12.1 Å². The zero-order valence-electron chi connectivity index (χ0n) is 8.96. The van der Waals surface area contributed by atoms with E-state index in [0.717, 1.165) is 5.69 Å². The average Bonchev–Trinajstić information content (AvgIpc) is 3.00. The summed E-state index contributed by atoms with van der Waals surface area (Å²) in [5.74, 6) is -0.172. The molecule has 82 valence electrons. The molecule has 3 nitrogen and oxygen atoms in total. The maximum atomic E-state index is 13.3. The predicted octanol–water partition coefficient (Wildman–Crippen LogP) is 2.02. The van der Waals surface area contributed by atoms with Gasteiger partial charge in [0.25, 0.3) is 0 Å². The Labute approximate surface area is 88.6 Å². The molecule has 0 spiro atoms. The number of nitrogens with two attached hydrogens (primary N) is 1. The molecule has 1 aromatic rings. The Morgan fingerprint density at radius 3 is 2.67 bits per heavy atom. The monoisotopic (exact) mass is 210 g/mol. The van der Waals surface area contributed by atoms with E-state index in [-0.39, 0.29) is 5.75 Å². The Morgan fingerprint density at radius 1 is 1.47 bits per heavy atom. The van der Waals surface area contributed by atoms with Gasteiger partial charge in [-0.2, -0.15) is 0 Å². The van der Waals surface area contributed by atoms with Crippen molar-refractivity contribution in [2.75, 3.05) is 24.8 Å². The SMILES string of the molecule is COc1cc(N(C)C2CC2)c(N)cc1F. The highest BCUT2D eigenvalue weighted by atomic mass is 19.1. The number of benzene rings is 1. The highest BCUT2D eigenvalue weighted by Gasteiger charge is 2.28. The number of methoxy groups -OCH3 is 1. The number of hydrogen-bond donors (Lipinski definition) is 1. The van der Waals surface area contributed by atoms with Crippen LogP contribution in [0.2, 0.25) is 0 Å². The summed E-state index contributed by atoms with van der Waals surface area (Å²) in [6, 6.07) is 3.51. The molecule has 0 heterocycles.